The molecule has 2 amide bonds. The molecule has 8 nitrogen and oxygen atoms in total. The summed E-state index contributed by atoms with van der Waals surface area (Å²) in [5.41, 5.74) is 0. The standard InChI is InChI=1S/C15H26N4O4/c1-22-6-5-17-9-11(7-13(17)14(20)23-2)19-10-12-8-16-3-4-18(12)15(19)21/h11-13,16H,3-10H2,1-2H3/t11-,12-,13+/m0/s1. The molecule has 0 saturated carbocycles. The summed E-state index contributed by atoms with van der Waals surface area (Å²) in [7, 11) is 3.06. The molecule has 0 aromatic heterocycles. The molecule has 0 bridgehead atoms. The molecule has 130 valence electrons. The lowest BCUT2D eigenvalue weighted by molar-refractivity contribution is -0.146. The van der Waals surface area contributed by atoms with Crippen LogP contribution in [0, 0.1) is 0 Å². The van der Waals surface area contributed by atoms with E-state index in [2.05, 4.69) is 10.2 Å². The van der Waals surface area contributed by atoms with Gasteiger partial charge in [-0.25, -0.2) is 4.79 Å². The van der Waals surface area contributed by atoms with Gasteiger partial charge in [-0.1, -0.05) is 0 Å². The fourth-order valence-electron chi connectivity index (χ4n) is 3.89. The Bertz CT molecular complexity index is 461. The number of hydrogen-bond donors (Lipinski definition) is 1. The molecule has 8 heteroatoms. The van der Waals surface area contributed by atoms with Crippen molar-refractivity contribution in [3.63, 3.8) is 0 Å². The molecule has 0 spiro atoms. The molecule has 0 aromatic carbocycles. The first-order valence-corrected chi connectivity index (χ1v) is 8.24. The Kier molecular flexibility index (Phi) is 5.03. The number of carbonyl (C=O) groups is 2. The van der Waals surface area contributed by atoms with Gasteiger partial charge >= 0.3 is 12.0 Å². The molecule has 3 aliphatic heterocycles. The van der Waals surface area contributed by atoms with E-state index in [1.54, 1.807) is 7.11 Å². The highest BCUT2D eigenvalue weighted by Crippen LogP contribution is 2.28. The molecule has 0 aliphatic carbocycles. The maximum absolute atomic E-state index is 12.7. The number of fused-ring (bicyclic) bond motifs is 1. The summed E-state index contributed by atoms with van der Waals surface area (Å²) < 4.78 is 10.1. The molecule has 3 fully saturated rings. The van der Waals surface area contributed by atoms with E-state index in [9.17, 15) is 9.59 Å². The van der Waals surface area contributed by atoms with E-state index >= 15 is 0 Å². The Morgan fingerprint density at radius 1 is 1.26 bits per heavy atom. The van der Waals surface area contributed by atoms with Gasteiger partial charge in [0.25, 0.3) is 0 Å². The number of piperazine rings is 1. The summed E-state index contributed by atoms with van der Waals surface area (Å²) in [6.45, 7) is 5.14. The molecular weight excluding hydrogens is 300 g/mol. The van der Waals surface area contributed by atoms with Gasteiger partial charge < -0.3 is 24.6 Å². The van der Waals surface area contributed by atoms with E-state index in [1.165, 1.54) is 7.11 Å². The zero-order chi connectivity index (χ0) is 16.4. The molecule has 0 radical (unpaired) electrons. The zero-order valence-electron chi connectivity index (χ0n) is 13.9. The van der Waals surface area contributed by atoms with Crippen LogP contribution in [0.4, 0.5) is 4.79 Å². The molecule has 3 aliphatic rings. The van der Waals surface area contributed by atoms with E-state index in [0.29, 0.717) is 26.1 Å². The van der Waals surface area contributed by atoms with Crippen molar-refractivity contribution in [2.24, 2.45) is 0 Å². The highest BCUT2D eigenvalue weighted by Gasteiger charge is 2.46. The number of esters is 1. The second-order valence-electron chi connectivity index (χ2n) is 6.40. The predicted molar refractivity (Wildman–Crippen MR) is 83.1 cm³/mol. The normalized spacial score (nSPS) is 31.6. The lowest BCUT2D eigenvalue weighted by Gasteiger charge is -2.28. The second kappa shape index (κ2) is 7.02. The summed E-state index contributed by atoms with van der Waals surface area (Å²) in [5, 5.41) is 3.34. The van der Waals surface area contributed by atoms with E-state index in [1.807, 2.05) is 9.80 Å². The fourth-order valence-corrected chi connectivity index (χ4v) is 3.89. The van der Waals surface area contributed by atoms with Gasteiger partial charge in [-0.3, -0.25) is 9.69 Å². The monoisotopic (exact) mass is 326 g/mol. The minimum atomic E-state index is -0.288. The van der Waals surface area contributed by atoms with Crippen LogP contribution in [0.2, 0.25) is 0 Å². The van der Waals surface area contributed by atoms with Crippen molar-refractivity contribution in [1.82, 2.24) is 20.0 Å². The molecule has 3 saturated heterocycles. The Labute approximate surface area is 136 Å². The van der Waals surface area contributed by atoms with Crippen molar-refractivity contribution in [1.29, 1.82) is 0 Å². The van der Waals surface area contributed by atoms with Crippen LogP contribution in [-0.2, 0) is 14.3 Å². The Balaban J connectivity index is 1.68. The van der Waals surface area contributed by atoms with Gasteiger partial charge in [-0.2, -0.15) is 0 Å². The van der Waals surface area contributed by atoms with Crippen molar-refractivity contribution in [2.75, 3.05) is 60.1 Å². The van der Waals surface area contributed by atoms with E-state index in [4.69, 9.17) is 9.47 Å². The summed E-state index contributed by atoms with van der Waals surface area (Å²) in [5.74, 6) is -0.227. The van der Waals surface area contributed by atoms with Crippen LogP contribution in [-0.4, -0.2) is 105 Å². The first kappa shape index (κ1) is 16.5. The lowest BCUT2D eigenvalue weighted by Crippen LogP contribution is -2.50. The van der Waals surface area contributed by atoms with E-state index in [-0.39, 0.29) is 30.1 Å². The van der Waals surface area contributed by atoms with Crippen molar-refractivity contribution in [3.8, 4) is 0 Å². The number of rotatable bonds is 5. The van der Waals surface area contributed by atoms with Crippen LogP contribution in [0.3, 0.4) is 0 Å². The molecule has 3 heterocycles. The number of methoxy groups -OCH3 is 2. The number of nitrogens with one attached hydrogen (secondary N) is 1. The number of urea groups is 1. The van der Waals surface area contributed by atoms with Crippen LogP contribution in [0.1, 0.15) is 6.42 Å². The molecular formula is C15H26N4O4. The maximum atomic E-state index is 12.7. The molecule has 1 N–H and O–H groups in total. The highest BCUT2D eigenvalue weighted by molar-refractivity contribution is 5.79. The fraction of sp³-hybridized carbons (Fsp3) is 0.867. The quantitative estimate of drug-likeness (QED) is 0.651. The highest BCUT2D eigenvalue weighted by atomic mass is 16.5. The Hall–Kier alpha value is -1.38. The number of likely N-dealkylation sites (tertiary alicyclic amines) is 1. The first-order valence-electron chi connectivity index (χ1n) is 8.24. The van der Waals surface area contributed by atoms with Gasteiger partial charge in [0.05, 0.1) is 19.8 Å². The number of carbonyl (C=O) groups excluding carboxylic acids is 2. The zero-order valence-corrected chi connectivity index (χ0v) is 13.9. The third kappa shape index (κ3) is 3.15. The van der Waals surface area contributed by atoms with Gasteiger partial charge in [-0.05, 0) is 6.42 Å². The number of nitrogens with zero attached hydrogens (tertiary/aromatic N) is 3. The van der Waals surface area contributed by atoms with Crippen LogP contribution < -0.4 is 5.32 Å². The van der Waals surface area contributed by atoms with Crippen LogP contribution in [0.15, 0.2) is 0 Å². The molecule has 0 aromatic rings. The smallest absolute Gasteiger partial charge is 0.323 e. The molecule has 3 atom stereocenters. The molecule has 23 heavy (non-hydrogen) atoms. The van der Waals surface area contributed by atoms with Crippen molar-refractivity contribution in [3.05, 3.63) is 0 Å². The van der Waals surface area contributed by atoms with Crippen molar-refractivity contribution < 1.29 is 19.1 Å². The topological polar surface area (TPSA) is 74.4 Å². The first-order chi connectivity index (χ1) is 11.2. The summed E-state index contributed by atoms with van der Waals surface area (Å²) in [4.78, 5) is 30.7. The third-order valence-corrected chi connectivity index (χ3v) is 5.13. The average molecular weight is 326 g/mol. The number of amides is 2. The Morgan fingerprint density at radius 2 is 2.09 bits per heavy atom. The van der Waals surface area contributed by atoms with Crippen LogP contribution in [0.5, 0.6) is 0 Å². The van der Waals surface area contributed by atoms with Gasteiger partial charge in [0.2, 0.25) is 0 Å². The van der Waals surface area contributed by atoms with Crippen molar-refractivity contribution >= 4 is 12.0 Å². The Morgan fingerprint density at radius 3 is 2.78 bits per heavy atom. The van der Waals surface area contributed by atoms with Gasteiger partial charge in [0.15, 0.2) is 0 Å². The minimum Gasteiger partial charge on any atom is -0.468 e. The number of ether oxygens (including phenoxy) is 2. The van der Waals surface area contributed by atoms with E-state index < -0.39 is 0 Å². The molecule has 0 unspecified atom stereocenters. The summed E-state index contributed by atoms with van der Waals surface area (Å²) >= 11 is 0. The summed E-state index contributed by atoms with van der Waals surface area (Å²) in [6.07, 6.45) is 0.635. The van der Waals surface area contributed by atoms with Gasteiger partial charge in [0.1, 0.15) is 6.04 Å². The van der Waals surface area contributed by atoms with Crippen LogP contribution >= 0.6 is 0 Å². The second-order valence-corrected chi connectivity index (χ2v) is 6.40. The SMILES string of the molecule is COCCN1C[C@@H](N2C[C@@H]3CNCCN3C2=O)C[C@@H]1C(=O)OC. The average Bonchev–Trinajstić information content (AvgIpc) is 3.14. The van der Waals surface area contributed by atoms with Gasteiger partial charge in [-0.15, -0.1) is 0 Å². The minimum absolute atomic E-state index is 0.0639. The van der Waals surface area contributed by atoms with Crippen LogP contribution in [0.25, 0.3) is 0 Å². The number of hydrogen-bond acceptors (Lipinski definition) is 6. The molecule has 3 rings (SSSR count). The maximum Gasteiger partial charge on any atom is 0.323 e. The lowest BCUT2D eigenvalue weighted by atomic mass is 10.1. The van der Waals surface area contributed by atoms with Gasteiger partial charge in [0, 0.05) is 52.4 Å². The third-order valence-electron chi connectivity index (χ3n) is 5.13. The van der Waals surface area contributed by atoms with E-state index in [0.717, 1.165) is 26.2 Å². The van der Waals surface area contributed by atoms with Crippen molar-refractivity contribution in [2.45, 2.75) is 24.5 Å². The summed E-state index contributed by atoms with van der Waals surface area (Å²) in [6, 6.07) is 0.136. The predicted octanol–water partition coefficient (Wildman–Crippen LogP) is -1.04. The largest absolute Gasteiger partial charge is 0.468 e.